The lowest BCUT2D eigenvalue weighted by molar-refractivity contribution is 0.777. The molecule has 47 heavy (non-hydrogen) atoms. The minimum atomic E-state index is 0.296. The summed E-state index contributed by atoms with van der Waals surface area (Å²) in [5, 5.41) is 25.1. The van der Waals surface area contributed by atoms with Crippen LogP contribution in [-0.2, 0) is 0 Å². The Hall–Kier alpha value is -6.36. The molecular formula is C43H30N4. The van der Waals surface area contributed by atoms with Gasteiger partial charge in [0.1, 0.15) is 0 Å². The maximum atomic E-state index is 9.50. The van der Waals surface area contributed by atoms with Crippen LogP contribution in [0.3, 0.4) is 0 Å². The zero-order chi connectivity index (χ0) is 31.9. The third kappa shape index (κ3) is 4.76. The molecule has 0 saturated carbocycles. The summed E-state index contributed by atoms with van der Waals surface area (Å²) in [6.07, 6.45) is 0.878. The molecule has 1 atom stereocenters. The van der Waals surface area contributed by atoms with Crippen molar-refractivity contribution in [2.24, 2.45) is 0 Å². The molecular weight excluding hydrogens is 573 g/mol. The summed E-state index contributed by atoms with van der Waals surface area (Å²) in [6.45, 7) is 2.32. The molecule has 4 heteroatoms. The maximum Gasteiger partial charge on any atom is 0.0991 e. The summed E-state index contributed by atoms with van der Waals surface area (Å²) in [5.41, 5.74) is 9.14. The van der Waals surface area contributed by atoms with Gasteiger partial charge in [0.15, 0.2) is 0 Å². The van der Waals surface area contributed by atoms with Gasteiger partial charge in [-0.1, -0.05) is 73.7 Å². The third-order valence-corrected chi connectivity index (χ3v) is 9.31. The van der Waals surface area contributed by atoms with E-state index >= 15 is 0 Å². The molecule has 222 valence electrons. The molecule has 0 amide bonds. The minimum absolute atomic E-state index is 0.296. The molecule has 0 spiro atoms. The zero-order valence-corrected chi connectivity index (χ0v) is 25.9. The number of benzene rings is 7. The number of rotatable bonds is 6. The van der Waals surface area contributed by atoms with Gasteiger partial charge in [-0.05, 0) is 113 Å². The molecule has 7 aromatic carbocycles. The Morgan fingerprint density at radius 2 is 1.06 bits per heavy atom. The number of para-hydroxylation sites is 2. The zero-order valence-electron chi connectivity index (χ0n) is 25.9. The summed E-state index contributed by atoms with van der Waals surface area (Å²) in [5.74, 6) is 0.296. The molecule has 0 fully saturated rings. The maximum absolute atomic E-state index is 9.50. The van der Waals surface area contributed by atoms with Crippen LogP contribution in [0.25, 0.3) is 27.2 Å². The first kappa shape index (κ1) is 28.1. The van der Waals surface area contributed by atoms with E-state index in [2.05, 4.69) is 114 Å². The number of nitriles is 2. The average Bonchev–Trinajstić information content (AvgIpc) is 3.13. The molecule has 1 aliphatic rings. The van der Waals surface area contributed by atoms with E-state index in [1.165, 1.54) is 38.0 Å². The van der Waals surface area contributed by atoms with Gasteiger partial charge in [0, 0.05) is 39.1 Å². The molecule has 8 rings (SSSR count). The van der Waals surface area contributed by atoms with Crippen LogP contribution in [0.4, 0.5) is 28.4 Å². The van der Waals surface area contributed by atoms with Crippen LogP contribution in [0.2, 0.25) is 0 Å². The second-order valence-electron chi connectivity index (χ2n) is 12.1. The number of hydrogen-bond donors (Lipinski definition) is 0. The normalized spacial score (nSPS) is 13.7. The van der Waals surface area contributed by atoms with Gasteiger partial charge in [-0.15, -0.1) is 0 Å². The van der Waals surface area contributed by atoms with Gasteiger partial charge in [-0.3, -0.25) is 0 Å². The van der Waals surface area contributed by atoms with E-state index in [4.69, 9.17) is 0 Å². The van der Waals surface area contributed by atoms with Crippen molar-refractivity contribution in [1.82, 2.24) is 0 Å². The molecule has 0 saturated heterocycles. The minimum Gasteiger partial charge on any atom is -0.314 e. The first-order chi connectivity index (χ1) is 23.1. The topological polar surface area (TPSA) is 54.1 Å². The van der Waals surface area contributed by atoms with Crippen LogP contribution in [0.15, 0.2) is 146 Å². The van der Waals surface area contributed by atoms with Crippen molar-refractivity contribution in [2.45, 2.75) is 19.3 Å². The molecule has 7 aromatic rings. The van der Waals surface area contributed by atoms with Crippen LogP contribution in [0.1, 0.15) is 36.0 Å². The van der Waals surface area contributed by atoms with Gasteiger partial charge < -0.3 is 9.80 Å². The summed E-state index contributed by atoms with van der Waals surface area (Å²) in [7, 11) is 0. The second-order valence-corrected chi connectivity index (χ2v) is 12.1. The standard InChI is InChI=1S/C43H30N4/c1-29-26-41(47(34-10-6-3-7-11-34)36-20-14-31(28-45)15-21-36)39-22-16-32-17-25-40(38-24-23-37(29)43(39)42(32)38)46(33-8-4-2-5-9-33)35-18-12-30(27-44)13-19-35/h2-25,29H,26H2,1H3. The Balaban J connectivity index is 1.42. The third-order valence-electron chi connectivity index (χ3n) is 9.31. The fourth-order valence-electron chi connectivity index (χ4n) is 7.14. The average molecular weight is 603 g/mol. The van der Waals surface area contributed by atoms with Gasteiger partial charge in [0.2, 0.25) is 0 Å². The van der Waals surface area contributed by atoms with Crippen LogP contribution in [0.5, 0.6) is 0 Å². The first-order valence-electron chi connectivity index (χ1n) is 15.9. The van der Waals surface area contributed by atoms with Crippen molar-refractivity contribution >= 4 is 55.7 Å². The number of hydrogen-bond acceptors (Lipinski definition) is 4. The van der Waals surface area contributed by atoms with E-state index in [0.717, 1.165) is 34.9 Å². The van der Waals surface area contributed by atoms with Crippen molar-refractivity contribution in [3.05, 3.63) is 168 Å². The van der Waals surface area contributed by atoms with Crippen LogP contribution in [-0.4, -0.2) is 0 Å². The first-order valence-corrected chi connectivity index (χ1v) is 15.9. The summed E-state index contributed by atoms with van der Waals surface area (Å²) in [4.78, 5) is 4.65. The molecule has 4 nitrogen and oxygen atoms in total. The van der Waals surface area contributed by atoms with Gasteiger partial charge in [-0.25, -0.2) is 0 Å². The lowest BCUT2D eigenvalue weighted by atomic mass is 9.82. The Bertz CT molecular complexity index is 2400. The quantitative estimate of drug-likeness (QED) is 0.190. The van der Waals surface area contributed by atoms with E-state index < -0.39 is 0 Å². The highest BCUT2D eigenvalue weighted by Gasteiger charge is 2.27. The Labute approximate surface area is 274 Å². The molecule has 1 unspecified atom stereocenters. The molecule has 0 aromatic heterocycles. The Kier molecular flexibility index (Phi) is 6.90. The SMILES string of the molecule is CC1CC(N(c2ccccc2)c2ccc(C#N)cc2)=c2ccc3ccc(N(c4ccccc4)c4ccc(C#N)cc4)c4ccc1c2c34. The van der Waals surface area contributed by atoms with Crippen LogP contribution < -0.4 is 15.0 Å². The van der Waals surface area contributed by atoms with E-state index in [0.29, 0.717) is 17.0 Å². The molecule has 1 aliphatic carbocycles. The lowest BCUT2D eigenvalue weighted by Gasteiger charge is -2.34. The lowest BCUT2D eigenvalue weighted by Crippen LogP contribution is -2.28. The van der Waals surface area contributed by atoms with Gasteiger partial charge in [0.05, 0.1) is 29.0 Å². The monoisotopic (exact) mass is 602 g/mol. The molecule has 0 N–H and O–H groups in total. The Morgan fingerprint density at radius 1 is 0.532 bits per heavy atom. The highest BCUT2D eigenvalue weighted by atomic mass is 15.2. The fraction of sp³-hybridized carbons (Fsp3) is 0.0698. The Morgan fingerprint density at radius 3 is 1.66 bits per heavy atom. The van der Waals surface area contributed by atoms with E-state index in [-0.39, 0.29) is 0 Å². The van der Waals surface area contributed by atoms with E-state index in [1.54, 1.807) is 0 Å². The predicted molar refractivity (Wildman–Crippen MR) is 192 cm³/mol. The van der Waals surface area contributed by atoms with Crippen molar-refractivity contribution in [2.75, 3.05) is 9.80 Å². The highest BCUT2D eigenvalue weighted by Crippen LogP contribution is 2.45. The molecule has 0 radical (unpaired) electrons. The summed E-state index contributed by atoms with van der Waals surface area (Å²) >= 11 is 0. The van der Waals surface area contributed by atoms with Crippen LogP contribution in [0, 0.1) is 22.7 Å². The van der Waals surface area contributed by atoms with Gasteiger partial charge in [-0.2, -0.15) is 10.5 Å². The molecule has 0 aliphatic heterocycles. The van der Waals surface area contributed by atoms with Gasteiger partial charge in [0.25, 0.3) is 0 Å². The van der Waals surface area contributed by atoms with Gasteiger partial charge >= 0.3 is 0 Å². The highest BCUT2D eigenvalue weighted by molar-refractivity contribution is 6.17. The second kappa shape index (κ2) is 11.5. The largest absolute Gasteiger partial charge is 0.314 e. The van der Waals surface area contributed by atoms with Crippen LogP contribution >= 0.6 is 0 Å². The fourth-order valence-corrected chi connectivity index (χ4v) is 7.14. The summed E-state index contributed by atoms with van der Waals surface area (Å²) in [6, 6.07) is 54.8. The number of nitrogens with zero attached hydrogens (tertiary/aromatic N) is 4. The predicted octanol–water partition coefficient (Wildman–Crippen LogP) is 10.4. The van der Waals surface area contributed by atoms with Crippen molar-refractivity contribution in [3.8, 4) is 12.1 Å². The summed E-state index contributed by atoms with van der Waals surface area (Å²) < 4.78 is 0. The molecule has 0 heterocycles. The van der Waals surface area contributed by atoms with Crippen molar-refractivity contribution in [1.29, 1.82) is 10.5 Å². The smallest absolute Gasteiger partial charge is 0.0991 e. The van der Waals surface area contributed by atoms with E-state index in [9.17, 15) is 10.5 Å². The van der Waals surface area contributed by atoms with Crippen molar-refractivity contribution in [3.63, 3.8) is 0 Å². The van der Waals surface area contributed by atoms with Crippen molar-refractivity contribution < 1.29 is 0 Å². The molecule has 0 bridgehead atoms. The number of anilines is 5. The van der Waals surface area contributed by atoms with E-state index in [1.807, 2.05) is 60.7 Å².